The van der Waals surface area contributed by atoms with E-state index < -0.39 is 17.5 Å². The third kappa shape index (κ3) is 3.96. The molecule has 3 atom stereocenters. The quantitative estimate of drug-likeness (QED) is 0.684. The molecule has 3 heterocycles. The van der Waals surface area contributed by atoms with Crippen LogP contribution in [0.4, 0.5) is 19.0 Å². The molecule has 0 spiro atoms. The van der Waals surface area contributed by atoms with E-state index >= 15 is 0 Å². The average Bonchev–Trinajstić information content (AvgIpc) is 2.96. The van der Waals surface area contributed by atoms with Gasteiger partial charge in [0.2, 0.25) is 0 Å². The number of fused-ring (bicyclic) bond motifs is 2. The molecule has 2 aliphatic heterocycles. The van der Waals surface area contributed by atoms with E-state index in [2.05, 4.69) is 20.4 Å². The molecular formula is C21H25F3N4O2. The fourth-order valence-electron chi connectivity index (χ4n) is 4.90. The molecular weight excluding hydrogens is 397 g/mol. The van der Waals surface area contributed by atoms with E-state index in [9.17, 15) is 23.4 Å². The van der Waals surface area contributed by atoms with Crippen molar-refractivity contribution < 1.29 is 23.4 Å². The van der Waals surface area contributed by atoms with E-state index in [-0.39, 0.29) is 23.8 Å². The zero-order valence-electron chi connectivity index (χ0n) is 16.7. The lowest BCUT2D eigenvalue weighted by Gasteiger charge is -2.40. The van der Waals surface area contributed by atoms with E-state index in [0.29, 0.717) is 36.2 Å². The number of alkyl halides is 3. The Morgan fingerprint density at radius 2 is 1.90 bits per heavy atom. The highest BCUT2D eigenvalue weighted by Crippen LogP contribution is 2.39. The number of aromatic hydroxyl groups is 1. The van der Waals surface area contributed by atoms with Crippen LogP contribution < -0.4 is 5.32 Å². The Bertz CT molecular complexity index is 881. The molecule has 2 fully saturated rings. The predicted molar refractivity (Wildman–Crippen MR) is 106 cm³/mol. The van der Waals surface area contributed by atoms with Crippen LogP contribution in [0.3, 0.4) is 0 Å². The Kier molecular flexibility index (Phi) is 5.59. The third-order valence-corrected chi connectivity index (χ3v) is 6.22. The van der Waals surface area contributed by atoms with Gasteiger partial charge in [0.1, 0.15) is 11.6 Å². The van der Waals surface area contributed by atoms with Crippen LogP contribution in [0.2, 0.25) is 0 Å². The summed E-state index contributed by atoms with van der Waals surface area (Å²) in [6.45, 7) is 2.32. The van der Waals surface area contributed by atoms with Crippen LogP contribution in [0.1, 0.15) is 36.8 Å². The van der Waals surface area contributed by atoms with E-state index in [1.807, 2.05) is 0 Å². The second-order valence-electron chi connectivity index (χ2n) is 8.08. The SMILES string of the molecule is Cc1cc(C(F)(F)F)cc(O)c1-c1ccc(N[C@@H]2CC[C@H]3CC[C@@H]2N3CCO)nn1. The molecule has 1 aromatic heterocycles. The van der Waals surface area contributed by atoms with E-state index in [1.54, 1.807) is 12.1 Å². The molecule has 0 aliphatic carbocycles. The molecule has 1 aromatic carbocycles. The summed E-state index contributed by atoms with van der Waals surface area (Å²) in [7, 11) is 0. The van der Waals surface area contributed by atoms with Crippen molar-refractivity contribution in [3.8, 4) is 17.0 Å². The first kappa shape index (κ1) is 20.9. The Morgan fingerprint density at radius 1 is 1.13 bits per heavy atom. The number of nitrogens with one attached hydrogen (secondary N) is 1. The van der Waals surface area contributed by atoms with Gasteiger partial charge < -0.3 is 15.5 Å². The molecule has 4 rings (SSSR count). The maximum Gasteiger partial charge on any atom is 0.416 e. The molecule has 9 heteroatoms. The normalized spacial score (nSPS) is 24.2. The second kappa shape index (κ2) is 8.03. The number of rotatable bonds is 5. The molecule has 162 valence electrons. The van der Waals surface area contributed by atoms with Gasteiger partial charge in [-0.05, 0) is 62.4 Å². The van der Waals surface area contributed by atoms with Crippen LogP contribution in [0.5, 0.6) is 5.75 Å². The van der Waals surface area contributed by atoms with Crippen molar-refractivity contribution in [1.82, 2.24) is 15.1 Å². The summed E-state index contributed by atoms with van der Waals surface area (Å²) in [6.07, 6.45) is -0.229. The zero-order valence-corrected chi connectivity index (χ0v) is 16.7. The number of anilines is 1. The number of phenols is 1. The number of aromatic nitrogens is 2. The van der Waals surface area contributed by atoms with Crippen molar-refractivity contribution in [3.63, 3.8) is 0 Å². The number of aliphatic hydroxyl groups is 1. The Labute approximate surface area is 172 Å². The first-order valence-electron chi connectivity index (χ1n) is 10.2. The van der Waals surface area contributed by atoms with Gasteiger partial charge in [0.05, 0.1) is 17.9 Å². The van der Waals surface area contributed by atoms with Gasteiger partial charge in [0.25, 0.3) is 0 Å². The van der Waals surface area contributed by atoms with Gasteiger partial charge in [0.15, 0.2) is 0 Å². The molecule has 2 aliphatic rings. The van der Waals surface area contributed by atoms with Crippen molar-refractivity contribution in [1.29, 1.82) is 0 Å². The summed E-state index contributed by atoms with van der Waals surface area (Å²) in [6, 6.07) is 6.18. The fraction of sp³-hybridized carbons (Fsp3) is 0.524. The van der Waals surface area contributed by atoms with Crippen molar-refractivity contribution in [3.05, 3.63) is 35.4 Å². The fourth-order valence-corrected chi connectivity index (χ4v) is 4.90. The van der Waals surface area contributed by atoms with Crippen LogP contribution in [-0.4, -0.2) is 56.6 Å². The number of piperidine rings is 1. The highest BCUT2D eigenvalue weighted by Gasteiger charge is 2.42. The zero-order chi connectivity index (χ0) is 21.5. The topological polar surface area (TPSA) is 81.5 Å². The third-order valence-electron chi connectivity index (χ3n) is 6.22. The van der Waals surface area contributed by atoms with Crippen molar-refractivity contribution in [2.45, 2.75) is 56.9 Å². The van der Waals surface area contributed by atoms with Gasteiger partial charge in [-0.25, -0.2) is 0 Å². The van der Waals surface area contributed by atoms with Crippen LogP contribution in [-0.2, 0) is 6.18 Å². The highest BCUT2D eigenvalue weighted by atomic mass is 19.4. The number of hydrogen-bond donors (Lipinski definition) is 3. The maximum atomic E-state index is 12.9. The molecule has 2 saturated heterocycles. The number of aliphatic hydroxyl groups excluding tert-OH is 1. The molecule has 3 N–H and O–H groups in total. The van der Waals surface area contributed by atoms with Crippen LogP contribution in [0.25, 0.3) is 11.3 Å². The van der Waals surface area contributed by atoms with E-state index in [1.165, 1.54) is 6.92 Å². The number of benzene rings is 1. The summed E-state index contributed by atoms with van der Waals surface area (Å²) in [5.41, 5.74) is -0.0587. The summed E-state index contributed by atoms with van der Waals surface area (Å²) in [5.74, 6) is 0.114. The maximum absolute atomic E-state index is 12.9. The van der Waals surface area contributed by atoms with E-state index in [4.69, 9.17) is 0 Å². The smallest absolute Gasteiger partial charge is 0.416 e. The van der Waals surface area contributed by atoms with Crippen molar-refractivity contribution in [2.75, 3.05) is 18.5 Å². The van der Waals surface area contributed by atoms with Gasteiger partial charge in [-0.2, -0.15) is 13.2 Å². The molecule has 30 heavy (non-hydrogen) atoms. The lowest BCUT2D eigenvalue weighted by atomic mass is 9.97. The summed E-state index contributed by atoms with van der Waals surface area (Å²) >= 11 is 0. The number of hydrogen-bond acceptors (Lipinski definition) is 6. The number of nitrogens with zero attached hydrogens (tertiary/aromatic N) is 3. The minimum Gasteiger partial charge on any atom is -0.507 e. The summed E-state index contributed by atoms with van der Waals surface area (Å²) in [4.78, 5) is 2.37. The minimum absolute atomic E-state index is 0.143. The molecule has 6 nitrogen and oxygen atoms in total. The summed E-state index contributed by atoms with van der Waals surface area (Å²) in [5, 5.41) is 31.3. The number of phenolic OH excluding ortho intramolecular Hbond substituents is 1. The lowest BCUT2D eigenvalue weighted by Crippen LogP contribution is -2.51. The monoisotopic (exact) mass is 422 g/mol. The predicted octanol–water partition coefficient (Wildman–Crippen LogP) is 3.58. The van der Waals surface area contributed by atoms with Gasteiger partial charge in [-0.1, -0.05) is 0 Å². The van der Waals surface area contributed by atoms with Gasteiger partial charge >= 0.3 is 6.18 Å². The minimum atomic E-state index is -4.52. The average molecular weight is 422 g/mol. The van der Waals surface area contributed by atoms with Crippen molar-refractivity contribution in [2.24, 2.45) is 0 Å². The first-order valence-corrected chi connectivity index (χ1v) is 10.2. The van der Waals surface area contributed by atoms with Gasteiger partial charge in [-0.15, -0.1) is 10.2 Å². The highest BCUT2D eigenvalue weighted by molar-refractivity contribution is 5.71. The first-order chi connectivity index (χ1) is 14.3. The summed E-state index contributed by atoms with van der Waals surface area (Å²) < 4.78 is 38.8. The van der Waals surface area contributed by atoms with E-state index in [0.717, 1.165) is 31.7 Å². The lowest BCUT2D eigenvalue weighted by molar-refractivity contribution is -0.137. The van der Waals surface area contributed by atoms with Gasteiger partial charge in [0, 0.05) is 30.2 Å². The molecule has 0 saturated carbocycles. The number of aryl methyl sites for hydroxylation is 1. The molecule has 0 unspecified atom stereocenters. The van der Waals surface area contributed by atoms with Crippen LogP contribution in [0.15, 0.2) is 24.3 Å². The molecule has 0 radical (unpaired) electrons. The van der Waals surface area contributed by atoms with Crippen LogP contribution in [0, 0.1) is 6.92 Å². The largest absolute Gasteiger partial charge is 0.507 e. The van der Waals surface area contributed by atoms with Crippen molar-refractivity contribution >= 4 is 5.82 Å². The van der Waals surface area contributed by atoms with Gasteiger partial charge in [-0.3, -0.25) is 4.90 Å². The number of halogens is 3. The Hall–Kier alpha value is -2.39. The van der Waals surface area contributed by atoms with Crippen LogP contribution >= 0.6 is 0 Å². The Balaban J connectivity index is 1.51. The standard InChI is InChI=1S/C21H25F3N4O2/c1-12-10-13(21(22,23)24)11-18(30)20(12)16-5-7-19(27-26-16)25-15-4-2-14-3-6-17(15)28(14)8-9-29/h5,7,10-11,14-15,17,29-30H,2-4,6,8-9H2,1H3,(H,25,27)/t14-,15+,17-/m0/s1. The molecule has 2 bridgehead atoms. The molecule has 0 amide bonds. The molecule has 2 aromatic rings. The Morgan fingerprint density at radius 3 is 2.53 bits per heavy atom. The second-order valence-corrected chi connectivity index (χ2v) is 8.08.